The fraction of sp³-hybridized carbons (Fsp3) is 0.0588. The molecule has 0 saturated heterocycles. The van der Waals surface area contributed by atoms with Crippen molar-refractivity contribution in [2.24, 2.45) is 0 Å². The maximum Gasteiger partial charge on any atom is 0.113 e. The Morgan fingerprint density at radius 3 is 2.50 bits per heavy atom. The predicted octanol–water partition coefficient (Wildman–Crippen LogP) is 3.63. The second-order valence-corrected chi connectivity index (χ2v) is 4.89. The molecule has 0 aliphatic rings. The Hall–Kier alpha value is -2.68. The fourth-order valence-electron chi connectivity index (χ4n) is 2.61. The molecule has 0 spiro atoms. The number of rotatable bonds is 2. The van der Waals surface area contributed by atoms with E-state index in [0.29, 0.717) is 0 Å². The molecule has 4 aromatic rings. The molecule has 0 radical (unpaired) electrons. The molecule has 4 rings (SSSR count). The number of hydrogen-bond donors (Lipinski definition) is 0. The van der Waals surface area contributed by atoms with Crippen LogP contribution in [0.3, 0.4) is 0 Å². The van der Waals surface area contributed by atoms with E-state index in [1.165, 1.54) is 16.3 Å². The largest absolute Gasteiger partial charge is 0.240 e. The maximum absolute atomic E-state index is 4.31. The molecule has 0 aliphatic heterocycles. The van der Waals surface area contributed by atoms with Gasteiger partial charge >= 0.3 is 0 Å². The first-order valence-electron chi connectivity index (χ1n) is 6.67. The molecule has 0 aliphatic carbocycles. The third-order valence-corrected chi connectivity index (χ3v) is 3.57. The van der Waals surface area contributed by atoms with E-state index in [1.54, 1.807) is 0 Å². The lowest BCUT2D eigenvalue weighted by Gasteiger charge is -2.05. The van der Waals surface area contributed by atoms with Crippen LogP contribution in [0.4, 0.5) is 0 Å². The van der Waals surface area contributed by atoms with Gasteiger partial charge in [-0.15, -0.1) is 5.10 Å². The normalized spacial score (nSPS) is 11.2. The minimum Gasteiger partial charge on any atom is -0.240 e. The second kappa shape index (κ2) is 4.46. The molecule has 0 atom stereocenters. The summed E-state index contributed by atoms with van der Waals surface area (Å²) >= 11 is 0. The van der Waals surface area contributed by atoms with Gasteiger partial charge in [-0.1, -0.05) is 65.9 Å². The number of fused-ring (bicyclic) bond motifs is 3. The minimum atomic E-state index is 0.741. The summed E-state index contributed by atoms with van der Waals surface area (Å²) in [5, 5.41) is 11.0. The fourth-order valence-corrected chi connectivity index (χ4v) is 2.61. The van der Waals surface area contributed by atoms with Crippen LogP contribution < -0.4 is 0 Å². The van der Waals surface area contributed by atoms with E-state index in [9.17, 15) is 0 Å². The molecule has 0 fully saturated rings. The van der Waals surface area contributed by atoms with Crippen LogP contribution in [-0.4, -0.2) is 15.0 Å². The van der Waals surface area contributed by atoms with Crippen LogP contribution in [-0.2, 0) is 6.54 Å². The first-order chi connectivity index (χ1) is 9.92. The smallest absolute Gasteiger partial charge is 0.113 e. The van der Waals surface area contributed by atoms with Gasteiger partial charge < -0.3 is 0 Å². The zero-order valence-electron chi connectivity index (χ0n) is 10.9. The monoisotopic (exact) mass is 259 g/mol. The van der Waals surface area contributed by atoms with E-state index in [4.69, 9.17) is 0 Å². The molecule has 3 nitrogen and oxygen atoms in total. The molecule has 0 saturated carbocycles. The topological polar surface area (TPSA) is 30.7 Å². The van der Waals surface area contributed by atoms with Crippen molar-refractivity contribution in [1.82, 2.24) is 15.0 Å². The van der Waals surface area contributed by atoms with Gasteiger partial charge in [0.25, 0.3) is 0 Å². The Balaban J connectivity index is 1.94. The Morgan fingerprint density at radius 1 is 0.800 bits per heavy atom. The van der Waals surface area contributed by atoms with Crippen LogP contribution >= 0.6 is 0 Å². The van der Waals surface area contributed by atoms with Gasteiger partial charge in [0.15, 0.2) is 0 Å². The molecular formula is C17H13N3. The molecule has 0 amide bonds. The Bertz CT molecular complexity index is 878. The van der Waals surface area contributed by atoms with Crippen molar-refractivity contribution in [3.63, 3.8) is 0 Å². The summed E-state index contributed by atoms with van der Waals surface area (Å²) in [6, 6.07) is 22.8. The number of hydrogen-bond acceptors (Lipinski definition) is 2. The van der Waals surface area contributed by atoms with Crippen LogP contribution in [0.25, 0.3) is 21.8 Å². The highest BCUT2D eigenvalue weighted by molar-refractivity contribution is 6.03. The zero-order valence-corrected chi connectivity index (χ0v) is 10.9. The molecule has 1 heterocycles. The van der Waals surface area contributed by atoms with Crippen molar-refractivity contribution in [3.8, 4) is 0 Å². The summed E-state index contributed by atoms with van der Waals surface area (Å²) < 4.78 is 1.98. The minimum absolute atomic E-state index is 0.741. The summed E-state index contributed by atoms with van der Waals surface area (Å²) in [6.45, 7) is 0.741. The summed E-state index contributed by atoms with van der Waals surface area (Å²) in [5.41, 5.74) is 3.28. The van der Waals surface area contributed by atoms with Gasteiger partial charge in [-0.25, -0.2) is 4.68 Å². The molecule has 0 bridgehead atoms. The summed E-state index contributed by atoms with van der Waals surface area (Å²) in [4.78, 5) is 0. The Morgan fingerprint density at radius 2 is 1.60 bits per heavy atom. The quantitative estimate of drug-likeness (QED) is 0.550. The Kier molecular flexibility index (Phi) is 2.49. The average Bonchev–Trinajstić information content (AvgIpc) is 2.92. The van der Waals surface area contributed by atoms with E-state index in [-0.39, 0.29) is 0 Å². The standard InChI is InChI=1S/C17H13N3/c1-2-6-13(7-3-1)12-20-17-15-9-5-4-8-14(15)10-11-16(17)18-19-20/h1-11H,12H2. The van der Waals surface area contributed by atoms with Crippen LogP contribution in [0, 0.1) is 0 Å². The molecular weight excluding hydrogens is 246 g/mol. The van der Waals surface area contributed by atoms with Crippen LogP contribution in [0.2, 0.25) is 0 Å². The van der Waals surface area contributed by atoms with Gasteiger partial charge in [-0.05, 0) is 17.0 Å². The lowest BCUT2D eigenvalue weighted by molar-refractivity contribution is 0.671. The van der Waals surface area contributed by atoms with Crippen LogP contribution in [0.15, 0.2) is 66.7 Å². The van der Waals surface area contributed by atoms with Gasteiger partial charge in [0.1, 0.15) is 5.52 Å². The zero-order chi connectivity index (χ0) is 13.4. The molecule has 0 unspecified atom stereocenters. The molecule has 3 aromatic carbocycles. The summed E-state index contributed by atoms with van der Waals surface area (Å²) in [6.07, 6.45) is 0. The van der Waals surface area contributed by atoms with Gasteiger partial charge in [-0.2, -0.15) is 0 Å². The van der Waals surface area contributed by atoms with Gasteiger partial charge in [0, 0.05) is 5.39 Å². The van der Waals surface area contributed by atoms with Crippen molar-refractivity contribution >= 4 is 21.8 Å². The average molecular weight is 259 g/mol. The number of aromatic nitrogens is 3. The lowest BCUT2D eigenvalue weighted by Crippen LogP contribution is -2.01. The van der Waals surface area contributed by atoms with E-state index < -0.39 is 0 Å². The molecule has 0 N–H and O–H groups in total. The molecule has 1 aromatic heterocycles. The highest BCUT2D eigenvalue weighted by atomic mass is 15.4. The summed E-state index contributed by atoms with van der Waals surface area (Å²) in [5.74, 6) is 0. The molecule has 20 heavy (non-hydrogen) atoms. The van der Waals surface area contributed by atoms with Crippen molar-refractivity contribution < 1.29 is 0 Å². The van der Waals surface area contributed by atoms with Crippen molar-refractivity contribution in [2.75, 3.05) is 0 Å². The van der Waals surface area contributed by atoms with Gasteiger partial charge in [0.05, 0.1) is 12.1 Å². The third-order valence-electron chi connectivity index (χ3n) is 3.57. The lowest BCUT2D eigenvalue weighted by atomic mass is 10.1. The number of nitrogens with zero attached hydrogens (tertiary/aromatic N) is 3. The van der Waals surface area contributed by atoms with Gasteiger partial charge in [-0.3, -0.25) is 0 Å². The van der Waals surface area contributed by atoms with Crippen molar-refractivity contribution in [1.29, 1.82) is 0 Å². The van der Waals surface area contributed by atoms with Crippen LogP contribution in [0.5, 0.6) is 0 Å². The SMILES string of the molecule is c1ccc(Cn2nnc3ccc4ccccc4c32)cc1. The molecule has 3 heteroatoms. The van der Waals surface area contributed by atoms with Gasteiger partial charge in [0.2, 0.25) is 0 Å². The highest BCUT2D eigenvalue weighted by Gasteiger charge is 2.08. The number of benzene rings is 3. The predicted molar refractivity (Wildman–Crippen MR) is 80.6 cm³/mol. The Labute approximate surface area is 116 Å². The third kappa shape index (κ3) is 1.75. The maximum atomic E-state index is 4.31. The second-order valence-electron chi connectivity index (χ2n) is 4.89. The molecule has 96 valence electrons. The van der Waals surface area contributed by atoms with E-state index >= 15 is 0 Å². The first-order valence-corrected chi connectivity index (χ1v) is 6.67. The van der Waals surface area contributed by atoms with E-state index in [1.807, 2.05) is 28.9 Å². The van der Waals surface area contributed by atoms with Crippen molar-refractivity contribution in [3.05, 3.63) is 72.3 Å². The van der Waals surface area contributed by atoms with Crippen LogP contribution in [0.1, 0.15) is 5.56 Å². The highest BCUT2D eigenvalue weighted by Crippen LogP contribution is 2.24. The first kappa shape index (κ1) is 11.2. The van der Waals surface area contributed by atoms with E-state index in [2.05, 4.69) is 52.8 Å². The summed E-state index contributed by atoms with van der Waals surface area (Å²) in [7, 11) is 0. The van der Waals surface area contributed by atoms with E-state index in [0.717, 1.165) is 17.6 Å². The van der Waals surface area contributed by atoms with Crippen molar-refractivity contribution in [2.45, 2.75) is 6.54 Å².